The number of benzene rings is 3. The molecule has 1 amide bonds. The van der Waals surface area contributed by atoms with Gasteiger partial charge in [0.1, 0.15) is 24.2 Å². The minimum atomic E-state index is -4.79. The second-order valence-corrected chi connectivity index (χ2v) is 11.9. The molecule has 1 aliphatic rings. The minimum Gasteiger partial charge on any atom is -0.486 e. The average molecular weight is 641 g/mol. The van der Waals surface area contributed by atoms with E-state index in [1.807, 2.05) is 0 Å². The minimum absolute atomic E-state index is 0.0187. The second-order valence-electron chi connectivity index (χ2n) is 9.66. The lowest BCUT2D eigenvalue weighted by Crippen LogP contribution is -2.44. The molecule has 0 unspecified atom stereocenters. The zero-order valence-electron chi connectivity index (χ0n) is 22.5. The number of carbonyl (C=O) groups is 2. The Bertz CT molecular complexity index is 1670. The molecule has 0 saturated carbocycles. The van der Waals surface area contributed by atoms with Gasteiger partial charge in [0.15, 0.2) is 0 Å². The lowest BCUT2D eigenvalue weighted by atomic mass is 10.0. The van der Waals surface area contributed by atoms with E-state index in [9.17, 15) is 35.6 Å². The Hall–Kier alpha value is -4.10. The topological polar surface area (TPSA) is 113 Å². The Labute approximate surface area is 249 Å². The van der Waals surface area contributed by atoms with Crippen molar-refractivity contribution in [2.75, 3.05) is 17.4 Å². The Morgan fingerprint density at radius 1 is 1.14 bits per heavy atom. The number of hydrogen-bond acceptors (Lipinski definition) is 5. The van der Waals surface area contributed by atoms with Gasteiger partial charge >= 0.3 is 12.1 Å². The number of carbonyl (C=O) groups excluding carboxylic acids is 1. The Kier molecular flexibility index (Phi) is 9.35. The number of fused-ring (bicyclic) bond motifs is 1. The fourth-order valence-electron chi connectivity index (χ4n) is 4.51. The highest BCUT2D eigenvalue weighted by Crippen LogP contribution is 2.40. The van der Waals surface area contributed by atoms with E-state index in [0.29, 0.717) is 17.2 Å². The molecule has 0 spiro atoms. The van der Waals surface area contributed by atoms with Gasteiger partial charge in [-0.25, -0.2) is 12.8 Å². The van der Waals surface area contributed by atoms with Crippen LogP contribution in [0.4, 0.5) is 23.2 Å². The first-order valence-corrected chi connectivity index (χ1v) is 14.6. The van der Waals surface area contributed by atoms with Gasteiger partial charge in [-0.05, 0) is 66.9 Å². The first-order chi connectivity index (χ1) is 20.2. The molecule has 1 aliphatic heterocycles. The van der Waals surface area contributed by atoms with Crippen molar-refractivity contribution in [2.24, 2.45) is 0 Å². The number of allylic oxidation sites excluding steroid dienone is 1. The normalized spacial score (nSPS) is 15.4. The number of carboxylic acid groups (broad SMARTS) is 1. The molecular formula is C29H25ClF4N2O6S. The van der Waals surface area contributed by atoms with Crippen LogP contribution in [0.2, 0.25) is 5.02 Å². The van der Waals surface area contributed by atoms with Gasteiger partial charge in [0.05, 0.1) is 27.7 Å². The van der Waals surface area contributed by atoms with E-state index in [0.717, 1.165) is 22.5 Å². The third kappa shape index (κ3) is 7.46. The summed E-state index contributed by atoms with van der Waals surface area (Å²) in [4.78, 5) is 22.2. The molecular weight excluding hydrogens is 616 g/mol. The van der Waals surface area contributed by atoms with Crippen molar-refractivity contribution < 1.29 is 45.4 Å². The molecule has 0 aromatic heterocycles. The van der Waals surface area contributed by atoms with Crippen molar-refractivity contribution >= 4 is 50.8 Å². The van der Waals surface area contributed by atoms with Crippen LogP contribution in [0.5, 0.6) is 5.75 Å². The molecule has 43 heavy (non-hydrogen) atoms. The number of nitrogens with one attached hydrogen (secondary N) is 1. The highest BCUT2D eigenvalue weighted by Gasteiger charge is 2.37. The van der Waals surface area contributed by atoms with Crippen molar-refractivity contribution in [1.82, 2.24) is 5.32 Å². The quantitative estimate of drug-likeness (QED) is 0.219. The zero-order valence-corrected chi connectivity index (χ0v) is 24.1. The molecule has 8 nitrogen and oxygen atoms in total. The van der Waals surface area contributed by atoms with Crippen LogP contribution in [0, 0.1) is 5.82 Å². The molecule has 3 aromatic carbocycles. The van der Waals surface area contributed by atoms with Gasteiger partial charge in [0, 0.05) is 12.0 Å². The zero-order chi connectivity index (χ0) is 31.5. The summed E-state index contributed by atoms with van der Waals surface area (Å²) in [6.45, 7) is 0.656. The van der Waals surface area contributed by atoms with Crippen LogP contribution in [0.15, 0.2) is 65.6 Å². The summed E-state index contributed by atoms with van der Waals surface area (Å²) < 4.78 is 89.2. The smallest absolute Gasteiger partial charge is 0.416 e. The lowest BCUT2D eigenvalue weighted by Gasteiger charge is -2.36. The predicted octanol–water partition coefficient (Wildman–Crippen LogP) is 6.00. The van der Waals surface area contributed by atoms with Crippen LogP contribution >= 0.6 is 11.6 Å². The number of ether oxygens (including phenoxy) is 1. The third-order valence-corrected chi connectivity index (χ3v) is 8.63. The third-order valence-electron chi connectivity index (χ3n) is 6.53. The van der Waals surface area contributed by atoms with Crippen LogP contribution in [0.25, 0.3) is 11.6 Å². The molecule has 4 rings (SSSR count). The van der Waals surface area contributed by atoms with Crippen molar-refractivity contribution in [1.29, 1.82) is 0 Å². The van der Waals surface area contributed by atoms with Crippen LogP contribution in [0.3, 0.4) is 0 Å². The van der Waals surface area contributed by atoms with Crippen molar-refractivity contribution in [2.45, 2.75) is 36.9 Å². The van der Waals surface area contributed by atoms with Crippen LogP contribution < -0.4 is 14.4 Å². The van der Waals surface area contributed by atoms with Gasteiger partial charge in [0.2, 0.25) is 5.91 Å². The average Bonchev–Trinajstić information content (AvgIpc) is 2.94. The molecule has 0 radical (unpaired) electrons. The molecule has 3 aromatic rings. The number of nitrogens with zero attached hydrogens (tertiary/aromatic N) is 1. The lowest BCUT2D eigenvalue weighted by molar-refractivity contribution is -0.138. The summed E-state index contributed by atoms with van der Waals surface area (Å²) >= 11 is 6.18. The highest BCUT2D eigenvalue weighted by atomic mass is 35.5. The number of anilines is 1. The number of halogens is 5. The second kappa shape index (κ2) is 12.6. The number of amides is 1. The maximum absolute atomic E-state index is 14.5. The Morgan fingerprint density at radius 2 is 1.86 bits per heavy atom. The van der Waals surface area contributed by atoms with Crippen LogP contribution in [0.1, 0.15) is 36.5 Å². The van der Waals surface area contributed by atoms with Crippen LogP contribution in [-0.2, 0) is 25.8 Å². The van der Waals surface area contributed by atoms with E-state index >= 15 is 0 Å². The van der Waals surface area contributed by atoms with E-state index in [1.54, 1.807) is 19.1 Å². The molecule has 1 atom stereocenters. The summed E-state index contributed by atoms with van der Waals surface area (Å²) in [5, 5.41) is 11.1. The van der Waals surface area contributed by atoms with Crippen molar-refractivity contribution in [3.8, 4) is 5.75 Å². The number of sulfonamides is 1. The predicted molar refractivity (Wildman–Crippen MR) is 152 cm³/mol. The molecule has 14 heteroatoms. The molecule has 228 valence electrons. The summed E-state index contributed by atoms with van der Waals surface area (Å²) in [6.07, 6.45) is -4.34. The van der Waals surface area contributed by atoms with Gasteiger partial charge < -0.3 is 15.2 Å². The standard InChI is InChI=1S/C29H25ClF4N2O6S/c1-17(28-22(30)6-3-7-23(28)31)12-18-8-10-25-24(13-18)36(16-20(42-25)9-11-26(37)35-15-27(38)39)43(40,41)21-5-2-4-19(14-21)29(32,33)34/h2-8,10,12-14,20H,9,11,15-16H2,1H3,(H,35,37)(H,38,39)/b17-12+/t20-/m0/s1. The Morgan fingerprint density at radius 3 is 2.53 bits per heavy atom. The van der Waals surface area contributed by atoms with E-state index in [2.05, 4.69) is 5.32 Å². The number of alkyl halides is 3. The van der Waals surface area contributed by atoms with Crippen molar-refractivity contribution in [3.63, 3.8) is 0 Å². The highest BCUT2D eigenvalue weighted by molar-refractivity contribution is 7.92. The number of rotatable bonds is 9. The van der Waals surface area contributed by atoms with Gasteiger partial charge in [-0.1, -0.05) is 35.9 Å². The summed E-state index contributed by atoms with van der Waals surface area (Å²) in [7, 11) is -4.59. The monoisotopic (exact) mass is 640 g/mol. The van der Waals surface area contributed by atoms with Crippen LogP contribution in [-0.4, -0.2) is 44.6 Å². The fraction of sp³-hybridized carbons (Fsp3) is 0.241. The molecule has 2 N–H and O–H groups in total. The van der Waals surface area contributed by atoms with Gasteiger partial charge in [-0.2, -0.15) is 13.2 Å². The van der Waals surface area contributed by atoms with E-state index in [4.69, 9.17) is 21.4 Å². The SMILES string of the molecule is C/C(=C\c1ccc2c(c1)N(S(=O)(=O)c1cccc(C(F)(F)F)c1)C[C@H](CCC(=O)NCC(=O)O)O2)c1c(F)cccc1Cl. The summed E-state index contributed by atoms with van der Waals surface area (Å²) in [6, 6.07) is 12.0. The van der Waals surface area contributed by atoms with Gasteiger partial charge in [-0.3, -0.25) is 13.9 Å². The maximum Gasteiger partial charge on any atom is 0.416 e. The molecule has 0 saturated heterocycles. The molecule has 0 fully saturated rings. The number of carboxylic acids is 1. The summed E-state index contributed by atoms with van der Waals surface area (Å²) in [5.41, 5.74) is -0.131. The van der Waals surface area contributed by atoms with Gasteiger partial charge in [-0.15, -0.1) is 0 Å². The summed E-state index contributed by atoms with van der Waals surface area (Å²) in [5.74, 6) is -2.33. The number of hydrogen-bond donors (Lipinski definition) is 2. The molecule has 0 aliphatic carbocycles. The van der Waals surface area contributed by atoms with E-state index in [-0.39, 0.29) is 41.4 Å². The Balaban J connectivity index is 1.73. The fourth-order valence-corrected chi connectivity index (χ4v) is 6.37. The van der Waals surface area contributed by atoms with Gasteiger partial charge in [0.25, 0.3) is 10.0 Å². The first kappa shape index (κ1) is 31.8. The largest absolute Gasteiger partial charge is 0.486 e. The molecule has 1 heterocycles. The van der Waals surface area contributed by atoms with E-state index < -0.39 is 57.0 Å². The maximum atomic E-state index is 14.5. The van der Waals surface area contributed by atoms with Crippen molar-refractivity contribution in [3.05, 3.63) is 88.2 Å². The van der Waals surface area contributed by atoms with E-state index in [1.165, 1.54) is 30.3 Å². The number of aliphatic carboxylic acids is 1. The first-order valence-electron chi connectivity index (χ1n) is 12.8. The molecule has 0 bridgehead atoms.